The molecule has 1 saturated heterocycles. The van der Waals surface area contributed by atoms with E-state index in [1.807, 2.05) is 0 Å². The number of aromatic nitrogens is 1. The maximum Gasteiger partial charge on any atom is 0.353 e. The molecule has 204 valence electrons. The summed E-state index contributed by atoms with van der Waals surface area (Å²) in [5.74, 6) is -3.21. The molecule has 3 rings (SSSR count). The molecule has 13 nitrogen and oxygen atoms in total. The number of nitrogens with one attached hydrogen (secondary N) is 2. The van der Waals surface area contributed by atoms with Crippen LogP contribution >= 0.6 is 23.1 Å². The molecule has 0 saturated carbocycles. The third-order valence-corrected chi connectivity index (χ3v) is 7.21. The predicted octanol–water partition coefficient (Wildman–Crippen LogP) is 1.48. The monoisotopic (exact) mass is 565 g/mol. The minimum Gasteiger partial charge on any atom is -0.477 e. The number of carboxylic acid groups (broad SMARTS) is 1. The van der Waals surface area contributed by atoms with Crippen molar-refractivity contribution in [2.24, 2.45) is 5.16 Å². The van der Waals surface area contributed by atoms with Crippen LogP contribution in [0.5, 0.6) is 0 Å². The Morgan fingerprint density at radius 1 is 1.29 bits per heavy atom. The van der Waals surface area contributed by atoms with Gasteiger partial charge in [-0.25, -0.2) is 14.6 Å². The highest BCUT2D eigenvalue weighted by atomic mass is 32.2. The molecule has 2 aliphatic rings. The number of thiazole rings is 1. The average molecular weight is 566 g/mol. The van der Waals surface area contributed by atoms with Gasteiger partial charge in [0.2, 0.25) is 12.0 Å². The highest BCUT2D eigenvalue weighted by Gasteiger charge is 2.54. The first kappa shape index (κ1) is 28.8. The van der Waals surface area contributed by atoms with E-state index in [4.69, 9.17) is 9.57 Å². The van der Waals surface area contributed by atoms with Crippen molar-refractivity contribution >= 4 is 64.1 Å². The Hall–Kier alpha value is -3.72. The number of carboxylic acids is 1. The molecule has 0 aromatic carbocycles. The quantitative estimate of drug-likeness (QED) is 0.124. The molecule has 1 unspecified atom stereocenters. The summed E-state index contributed by atoms with van der Waals surface area (Å²) in [6.07, 6.45) is 1.79. The lowest BCUT2D eigenvalue weighted by Gasteiger charge is -2.49. The van der Waals surface area contributed by atoms with Crippen LogP contribution in [-0.2, 0) is 33.5 Å². The van der Waals surface area contributed by atoms with Gasteiger partial charge in [0.15, 0.2) is 10.8 Å². The number of thioether (sulfide) groups is 1. The normalized spacial score (nSPS) is 19.7. The Bertz CT molecular complexity index is 1250. The van der Waals surface area contributed by atoms with Crippen LogP contribution < -0.4 is 10.6 Å². The lowest BCUT2D eigenvalue weighted by atomic mass is 10.0. The third-order valence-electron chi connectivity index (χ3n) is 5.13. The van der Waals surface area contributed by atoms with Gasteiger partial charge in [-0.3, -0.25) is 19.3 Å². The van der Waals surface area contributed by atoms with Crippen LogP contribution in [0.1, 0.15) is 40.3 Å². The molecule has 1 fully saturated rings. The van der Waals surface area contributed by atoms with Gasteiger partial charge in [-0.1, -0.05) is 17.8 Å². The number of nitrogens with zero attached hydrogens (tertiary/aromatic N) is 3. The number of carbonyl (C=O) groups excluding carboxylic acids is 4. The SMILES string of the molecule is C=CC1=C(C(=O)O)N2C(=O)C(NC(=O)/C(=N/OC(C)(C)C(=O)OC(C)(C)C)c3csc(NC=O)n3)[C@H]2SC1. The molecule has 3 N–H and O–H groups in total. The minimum absolute atomic E-state index is 0.0110. The first-order valence-corrected chi connectivity index (χ1v) is 13.1. The van der Waals surface area contributed by atoms with Crippen molar-refractivity contribution in [1.82, 2.24) is 15.2 Å². The number of amides is 3. The maximum atomic E-state index is 13.3. The number of rotatable bonds is 10. The summed E-state index contributed by atoms with van der Waals surface area (Å²) in [6, 6.07) is -1.05. The smallest absolute Gasteiger partial charge is 0.353 e. The van der Waals surface area contributed by atoms with E-state index in [1.165, 1.54) is 37.1 Å². The summed E-state index contributed by atoms with van der Waals surface area (Å²) in [7, 11) is 0. The molecule has 0 spiro atoms. The lowest BCUT2D eigenvalue weighted by Crippen LogP contribution is -2.71. The first-order chi connectivity index (χ1) is 17.7. The number of ether oxygens (including phenoxy) is 1. The fourth-order valence-electron chi connectivity index (χ4n) is 3.31. The molecule has 3 heterocycles. The van der Waals surface area contributed by atoms with Crippen LogP contribution in [0.15, 0.2) is 34.5 Å². The Balaban J connectivity index is 1.86. The zero-order valence-electron chi connectivity index (χ0n) is 21.3. The fourth-order valence-corrected chi connectivity index (χ4v) is 5.31. The van der Waals surface area contributed by atoms with Crippen molar-refractivity contribution in [3.8, 4) is 0 Å². The van der Waals surface area contributed by atoms with E-state index in [2.05, 4.69) is 27.4 Å². The second-order valence-electron chi connectivity index (χ2n) is 9.59. The van der Waals surface area contributed by atoms with Crippen molar-refractivity contribution < 1.29 is 38.7 Å². The molecule has 0 radical (unpaired) electrons. The first-order valence-electron chi connectivity index (χ1n) is 11.2. The lowest BCUT2D eigenvalue weighted by molar-refractivity contribution is -0.179. The topological polar surface area (TPSA) is 177 Å². The van der Waals surface area contributed by atoms with Crippen molar-refractivity contribution in [2.75, 3.05) is 11.1 Å². The molecule has 1 aromatic rings. The van der Waals surface area contributed by atoms with Crippen LogP contribution in [0.25, 0.3) is 0 Å². The number of anilines is 1. The number of allylic oxidation sites excluding steroid dienone is 1. The second kappa shape index (κ2) is 10.9. The van der Waals surface area contributed by atoms with Crippen molar-refractivity contribution in [1.29, 1.82) is 0 Å². The van der Waals surface area contributed by atoms with Crippen molar-refractivity contribution in [3.05, 3.63) is 35.0 Å². The Labute approximate surface area is 226 Å². The number of fused-ring (bicyclic) bond motifs is 1. The van der Waals surface area contributed by atoms with Gasteiger partial charge in [0.1, 0.15) is 28.4 Å². The van der Waals surface area contributed by atoms with Crippen LogP contribution in [0.4, 0.5) is 5.13 Å². The number of β-lactam (4-membered cyclic amide) rings is 1. The van der Waals surface area contributed by atoms with Crippen LogP contribution in [-0.4, -0.2) is 79.2 Å². The van der Waals surface area contributed by atoms with Gasteiger partial charge >= 0.3 is 11.9 Å². The summed E-state index contributed by atoms with van der Waals surface area (Å²) >= 11 is 2.28. The van der Waals surface area contributed by atoms with E-state index in [1.54, 1.807) is 20.8 Å². The molecule has 3 amide bonds. The van der Waals surface area contributed by atoms with Crippen LogP contribution in [0, 0.1) is 0 Å². The molecule has 15 heteroatoms. The zero-order chi connectivity index (χ0) is 28.4. The molecule has 2 atom stereocenters. The number of hydrogen-bond donors (Lipinski definition) is 3. The third kappa shape index (κ3) is 6.05. The Kier molecular flexibility index (Phi) is 8.31. The summed E-state index contributed by atoms with van der Waals surface area (Å²) in [5.41, 5.74) is -2.53. The van der Waals surface area contributed by atoms with Gasteiger partial charge in [-0.15, -0.1) is 23.1 Å². The van der Waals surface area contributed by atoms with Crippen molar-refractivity contribution in [3.63, 3.8) is 0 Å². The minimum atomic E-state index is -1.59. The summed E-state index contributed by atoms with van der Waals surface area (Å²) in [5, 5.41) is 19.3. The number of carbonyl (C=O) groups is 5. The number of esters is 1. The molecular weight excluding hydrogens is 538 g/mol. The van der Waals surface area contributed by atoms with Gasteiger partial charge in [0, 0.05) is 11.1 Å². The predicted molar refractivity (Wildman–Crippen MR) is 139 cm³/mol. The standard InChI is InChI=1S/C23H27N5O8S2/c1-7-11-8-37-18-14(17(31)28(18)15(11)19(32)33)26-16(30)13(12-9-38-21(25-12)24-10-29)27-36-23(5,6)20(34)35-22(2,3)4/h7,9-10,14,18H,1,8H2,2-6H3,(H,26,30)(H,32,33)(H,24,25,29)/b27-13+/t14?,18-/m1/s1. The Morgan fingerprint density at radius 3 is 2.55 bits per heavy atom. The highest BCUT2D eigenvalue weighted by molar-refractivity contribution is 8.00. The number of oxime groups is 1. The zero-order valence-corrected chi connectivity index (χ0v) is 22.9. The van der Waals surface area contributed by atoms with Gasteiger partial charge in [-0.2, -0.15) is 0 Å². The average Bonchev–Trinajstić information content (AvgIpc) is 3.28. The molecule has 0 aliphatic carbocycles. The van der Waals surface area contributed by atoms with Crippen LogP contribution in [0.3, 0.4) is 0 Å². The van der Waals surface area contributed by atoms with Gasteiger partial charge in [-0.05, 0) is 40.2 Å². The van der Waals surface area contributed by atoms with E-state index in [9.17, 15) is 29.1 Å². The summed E-state index contributed by atoms with van der Waals surface area (Å²) in [6.45, 7) is 11.5. The van der Waals surface area contributed by atoms with Crippen molar-refractivity contribution in [2.45, 2.75) is 57.2 Å². The van der Waals surface area contributed by atoms with Gasteiger partial charge < -0.3 is 25.3 Å². The van der Waals surface area contributed by atoms with Gasteiger partial charge in [0.25, 0.3) is 11.8 Å². The maximum absolute atomic E-state index is 13.3. The fraction of sp³-hybridized carbons (Fsp3) is 0.435. The number of aliphatic carboxylic acids is 1. The highest BCUT2D eigenvalue weighted by Crippen LogP contribution is 2.40. The largest absolute Gasteiger partial charge is 0.477 e. The molecule has 1 aromatic heterocycles. The summed E-state index contributed by atoms with van der Waals surface area (Å²) < 4.78 is 5.34. The van der Waals surface area contributed by atoms with Crippen LogP contribution in [0.2, 0.25) is 0 Å². The molecule has 2 aliphatic heterocycles. The molecular formula is C23H27N5O8S2. The van der Waals surface area contributed by atoms with E-state index in [0.29, 0.717) is 12.0 Å². The second-order valence-corrected chi connectivity index (χ2v) is 11.6. The van der Waals surface area contributed by atoms with E-state index in [-0.39, 0.29) is 28.0 Å². The number of hydrogen-bond acceptors (Lipinski definition) is 11. The van der Waals surface area contributed by atoms with Gasteiger partial charge in [0.05, 0.1) is 0 Å². The Morgan fingerprint density at radius 2 is 1.97 bits per heavy atom. The summed E-state index contributed by atoms with van der Waals surface area (Å²) in [4.78, 5) is 71.9. The molecule has 38 heavy (non-hydrogen) atoms. The molecule has 0 bridgehead atoms. The van der Waals surface area contributed by atoms with E-state index < -0.39 is 46.4 Å². The van der Waals surface area contributed by atoms with E-state index >= 15 is 0 Å². The van der Waals surface area contributed by atoms with E-state index in [0.717, 1.165) is 16.2 Å².